The molecule has 1 aromatic heterocycles. The van der Waals surface area contributed by atoms with Gasteiger partial charge in [0.1, 0.15) is 5.69 Å². The number of nitrogens with two attached hydrogens (primary N) is 1. The van der Waals surface area contributed by atoms with Gasteiger partial charge >= 0.3 is 0 Å². The minimum atomic E-state index is -0.153. The summed E-state index contributed by atoms with van der Waals surface area (Å²) in [6.07, 6.45) is 2.38. The van der Waals surface area contributed by atoms with Crippen LogP contribution in [0.4, 0.5) is 5.69 Å². The van der Waals surface area contributed by atoms with E-state index in [4.69, 9.17) is 5.73 Å². The molecular formula is C10H15N3O. The second-order valence-electron chi connectivity index (χ2n) is 3.26. The highest BCUT2D eigenvalue weighted by Gasteiger charge is 2.08. The Hall–Kier alpha value is -1.58. The molecule has 14 heavy (non-hydrogen) atoms. The van der Waals surface area contributed by atoms with Crippen LogP contribution in [-0.4, -0.2) is 16.9 Å². The predicted octanol–water partition coefficient (Wildman–Crippen LogP) is 1.19. The van der Waals surface area contributed by atoms with Crippen LogP contribution in [0, 0.1) is 0 Å². The molecule has 0 aliphatic rings. The molecule has 0 saturated carbocycles. The number of amides is 1. The molecule has 1 rings (SSSR count). The number of rotatable bonds is 3. The topological polar surface area (TPSA) is 68.0 Å². The molecule has 1 amide bonds. The first-order valence-electron chi connectivity index (χ1n) is 4.66. The summed E-state index contributed by atoms with van der Waals surface area (Å²) in [5.74, 6) is -0.153. The quantitative estimate of drug-likeness (QED) is 0.757. The van der Waals surface area contributed by atoms with Crippen LogP contribution in [0.3, 0.4) is 0 Å². The van der Waals surface area contributed by atoms with Gasteiger partial charge in [-0.2, -0.15) is 0 Å². The molecule has 0 spiro atoms. The molecule has 4 nitrogen and oxygen atoms in total. The van der Waals surface area contributed by atoms with E-state index in [0.29, 0.717) is 11.4 Å². The fourth-order valence-electron chi connectivity index (χ4n) is 0.939. The third kappa shape index (κ3) is 2.73. The summed E-state index contributed by atoms with van der Waals surface area (Å²) >= 11 is 0. The third-order valence-corrected chi connectivity index (χ3v) is 2.01. The van der Waals surface area contributed by atoms with Gasteiger partial charge in [0, 0.05) is 6.04 Å². The zero-order chi connectivity index (χ0) is 10.6. The van der Waals surface area contributed by atoms with Crippen molar-refractivity contribution >= 4 is 11.6 Å². The van der Waals surface area contributed by atoms with Gasteiger partial charge < -0.3 is 11.1 Å². The number of anilines is 1. The largest absolute Gasteiger partial charge is 0.397 e. The van der Waals surface area contributed by atoms with Crippen LogP contribution in [0.1, 0.15) is 30.8 Å². The Morgan fingerprint density at radius 2 is 2.36 bits per heavy atom. The van der Waals surface area contributed by atoms with Crippen LogP contribution >= 0.6 is 0 Å². The molecule has 0 aromatic carbocycles. The van der Waals surface area contributed by atoms with Crippen LogP contribution in [0.15, 0.2) is 18.3 Å². The number of nitrogens with one attached hydrogen (secondary N) is 1. The van der Waals surface area contributed by atoms with Crippen LogP contribution in [0.2, 0.25) is 0 Å². The number of nitrogens with zero attached hydrogens (tertiary/aromatic N) is 1. The number of carbonyl (C=O) groups is 1. The second-order valence-corrected chi connectivity index (χ2v) is 3.26. The molecule has 1 atom stereocenters. The Morgan fingerprint density at radius 1 is 1.64 bits per heavy atom. The SMILES string of the molecule is CCC(C)NC(=O)c1ccc(N)cn1. The maximum absolute atomic E-state index is 11.5. The summed E-state index contributed by atoms with van der Waals surface area (Å²) in [5, 5.41) is 2.82. The van der Waals surface area contributed by atoms with Crippen LogP contribution in [0.5, 0.6) is 0 Å². The fourth-order valence-corrected chi connectivity index (χ4v) is 0.939. The zero-order valence-electron chi connectivity index (χ0n) is 8.45. The Kier molecular flexibility index (Phi) is 3.45. The lowest BCUT2D eigenvalue weighted by molar-refractivity contribution is 0.0934. The monoisotopic (exact) mass is 193 g/mol. The minimum absolute atomic E-state index is 0.153. The first-order chi connectivity index (χ1) is 6.63. The van der Waals surface area contributed by atoms with Gasteiger partial charge in [-0.15, -0.1) is 0 Å². The van der Waals surface area contributed by atoms with Gasteiger partial charge in [-0.05, 0) is 25.5 Å². The van der Waals surface area contributed by atoms with Gasteiger partial charge in [0.05, 0.1) is 11.9 Å². The lowest BCUT2D eigenvalue weighted by atomic mass is 10.2. The molecule has 0 bridgehead atoms. The molecular weight excluding hydrogens is 178 g/mol. The Balaban J connectivity index is 2.65. The Bertz CT molecular complexity index is 308. The highest BCUT2D eigenvalue weighted by atomic mass is 16.1. The first-order valence-corrected chi connectivity index (χ1v) is 4.66. The van der Waals surface area contributed by atoms with E-state index in [9.17, 15) is 4.79 Å². The fraction of sp³-hybridized carbons (Fsp3) is 0.400. The van der Waals surface area contributed by atoms with E-state index in [2.05, 4.69) is 10.3 Å². The lowest BCUT2D eigenvalue weighted by Crippen LogP contribution is -2.32. The standard InChI is InChI=1S/C10H15N3O/c1-3-7(2)13-10(14)9-5-4-8(11)6-12-9/h4-7H,3,11H2,1-2H3,(H,13,14). The first kappa shape index (κ1) is 10.5. The Morgan fingerprint density at radius 3 is 2.86 bits per heavy atom. The Labute approximate surface area is 83.5 Å². The van der Waals surface area contributed by atoms with E-state index in [-0.39, 0.29) is 11.9 Å². The summed E-state index contributed by atoms with van der Waals surface area (Å²) in [7, 11) is 0. The van der Waals surface area contributed by atoms with Gasteiger partial charge in [-0.1, -0.05) is 6.92 Å². The summed E-state index contributed by atoms with van der Waals surface area (Å²) in [5.41, 5.74) is 6.42. The predicted molar refractivity (Wildman–Crippen MR) is 55.9 cm³/mol. The number of carbonyl (C=O) groups excluding carboxylic acids is 1. The van der Waals surface area contributed by atoms with E-state index >= 15 is 0 Å². The van der Waals surface area contributed by atoms with Gasteiger partial charge in [-0.25, -0.2) is 4.98 Å². The molecule has 0 radical (unpaired) electrons. The van der Waals surface area contributed by atoms with Crippen molar-refractivity contribution in [2.75, 3.05) is 5.73 Å². The molecule has 0 aliphatic carbocycles. The van der Waals surface area contributed by atoms with Crippen molar-refractivity contribution in [2.45, 2.75) is 26.3 Å². The van der Waals surface area contributed by atoms with Crippen molar-refractivity contribution in [3.05, 3.63) is 24.0 Å². The molecule has 4 heteroatoms. The van der Waals surface area contributed by atoms with Gasteiger partial charge in [0.15, 0.2) is 0 Å². The van der Waals surface area contributed by atoms with Crippen molar-refractivity contribution in [1.29, 1.82) is 0 Å². The lowest BCUT2D eigenvalue weighted by Gasteiger charge is -2.10. The number of hydrogen-bond acceptors (Lipinski definition) is 3. The molecule has 0 saturated heterocycles. The minimum Gasteiger partial charge on any atom is -0.397 e. The zero-order valence-corrected chi connectivity index (χ0v) is 8.45. The average Bonchev–Trinajstić information content (AvgIpc) is 2.18. The van der Waals surface area contributed by atoms with E-state index in [1.54, 1.807) is 12.1 Å². The summed E-state index contributed by atoms with van der Waals surface area (Å²) in [6, 6.07) is 3.45. The van der Waals surface area contributed by atoms with Crippen LogP contribution in [-0.2, 0) is 0 Å². The molecule has 1 heterocycles. The van der Waals surface area contributed by atoms with Crippen LogP contribution < -0.4 is 11.1 Å². The van der Waals surface area contributed by atoms with E-state index in [0.717, 1.165) is 6.42 Å². The molecule has 3 N–H and O–H groups in total. The van der Waals surface area contributed by atoms with Crippen molar-refractivity contribution in [3.8, 4) is 0 Å². The van der Waals surface area contributed by atoms with Gasteiger partial charge in [0.2, 0.25) is 0 Å². The number of nitrogen functional groups attached to an aromatic ring is 1. The molecule has 1 unspecified atom stereocenters. The molecule has 76 valence electrons. The van der Waals surface area contributed by atoms with Gasteiger partial charge in [-0.3, -0.25) is 4.79 Å². The molecule has 1 aromatic rings. The maximum atomic E-state index is 11.5. The molecule has 0 fully saturated rings. The van der Waals surface area contributed by atoms with E-state index in [1.165, 1.54) is 6.20 Å². The van der Waals surface area contributed by atoms with Crippen molar-refractivity contribution < 1.29 is 4.79 Å². The smallest absolute Gasteiger partial charge is 0.270 e. The maximum Gasteiger partial charge on any atom is 0.270 e. The highest BCUT2D eigenvalue weighted by molar-refractivity contribution is 5.92. The van der Waals surface area contributed by atoms with Crippen molar-refractivity contribution in [2.24, 2.45) is 0 Å². The van der Waals surface area contributed by atoms with Crippen LogP contribution in [0.25, 0.3) is 0 Å². The average molecular weight is 193 g/mol. The number of aromatic nitrogens is 1. The van der Waals surface area contributed by atoms with Crippen molar-refractivity contribution in [3.63, 3.8) is 0 Å². The number of hydrogen-bond donors (Lipinski definition) is 2. The van der Waals surface area contributed by atoms with E-state index in [1.807, 2.05) is 13.8 Å². The summed E-state index contributed by atoms with van der Waals surface area (Å²) in [4.78, 5) is 15.4. The van der Waals surface area contributed by atoms with Crippen molar-refractivity contribution in [1.82, 2.24) is 10.3 Å². The van der Waals surface area contributed by atoms with E-state index < -0.39 is 0 Å². The molecule has 0 aliphatic heterocycles. The summed E-state index contributed by atoms with van der Waals surface area (Å²) < 4.78 is 0. The normalized spacial score (nSPS) is 12.1. The second kappa shape index (κ2) is 4.60. The third-order valence-electron chi connectivity index (χ3n) is 2.01. The summed E-state index contributed by atoms with van der Waals surface area (Å²) in [6.45, 7) is 3.97. The number of pyridine rings is 1. The van der Waals surface area contributed by atoms with Gasteiger partial charge in [0.25, 0.3) is 5.91 Å². The highest BCUT2D eigenvalue weighted by Crippen LogP contribution is 2.01.